The summed E-state index contributed by atoms with van der Waals surface area (Å²) in [4.78, 5) is 27.3. The Hall–Kier alpha value is -2.94. The van der Waals surface area contributed by atoms with Crippen LogP contribution in [-0.2, 0) is 9.53 Å². The topological polar surface area (TPSA) is 86.8 Å². The number of alkyl halides is 2. The number of anilines is 1. The average Bonchev–Trinajstić information content (AvgIpc) is 2.85. The summed E-state index contributed by atoms with van der Waals surface area (Å²) in [5.41, 5.74) is 0.118. The number of benzene rings is 1. The highest BCUT2D eigenvalue weighted by atomic mass is 35.5. The largest absolute Gasteiger partial charge is 0.586 e. The fourth-order valence-corrected chi connectivity index (χ4v) is 2.10. The van der Waals surface area contributed by atoms with Crippen molar-refractivity contribution in [3.05, 3.63) is 47.2 Å². The van der Waals surface area contributed by atoms with Crippen LogP contribution in [0.3, 0.4) is 0 Å². The van der Waals surface area contributed by atoms with E-state index in [1.54, 1.807) is 0 Å². The van der Waals surface area contributed by atoms with Gasteiger partial charge in [0.25, 0.3) is 5.91 Å². The van der Waals surface area contributed by atoms with Crippen molar-refractivity contribution in [2.24, 2.45) is 0 Å². The molecule has 0 aliphatic carbocycles. The van der Waals surface area contributed by atoms with E-state index in [-0.39, 0.29) is 22.9 Å². The van der Waals surface area contributed by atoms with E-state index < -0.39 is 24.8 Å². The molecule has 2 aromatic rings. The first kappa shape index (κ1) is 16.9. The SMILES string of the molecule is O=C(COC(=O)c1cc(Cl)ccn1)Nc1ccc2c(c1)OC(F)(F)O2. The van der Waals surface area contributed by atoms with Gasteiger partial charge in [-0.3, -0.25) is 4.79 Å². The van der Waals surface area contributed by atoms with E-state index in [9.17, 15) is 18.4 Å². The Balaban J connectivity index is 1.56. The number of carbonyl (C=O) groups excluding carboxylic acids is 2. The van der Waals surface area contributed by atoms with Crippen molar-refractivity contribution in [1.29, 1.82) is 0 Å². The van der Waals surface area contributed by atoms with Crippen LogP contribution < -0.4 is 14.8 Å². The normalized spacial score (nSPS) is 14.0. The Labute approximate surface area is 144 Å². The van der Waals surface area contributed by atoms with Crippen LogP contribution >= 0.6 is 11.6 Å². The molecule has 0 spiro atoms. The molecule has 1 aliphatic heterocycles. The summed E-state index contributed by atoms with van der Waals surface area (Å²) in [6, 6.07) is 6.48. The van der Waals surface area contributed by atoms with Crippen LogP contribution in [0.25, 0.3) is 0 Å². The first-order valence-corrected chi connectivity index (χ1v) is 7.19. The Kier molecular flexibility index (Phi) is 4.41. The number of nitrogens with one attached hydrogen (secondary N) is 1. The minimum absolute atomic E-state index is 0.0504. The summed E-state index contributed by atoms with van der Waals surface area (Å²) >= 11 is 5.72. The van der Waals surface area contributed by atoms with E-state index in [1.807, 2.05) is 0 Å². The van der Waals surface area contributed by atoms with Crippen LogP contribution in [0.5, 0.6) is 11.5 Å². The molecular formula is C15H9ClF2N2O5. The summed E-state index contributed by atoms with van der Waals surface area (Å²) in [5, 5.41) is 2.67. The molecule has 1 N–H and O–H groups in total. The Bertz CT molecular complexity index is 846. The number of amides is 1. The van der Waals surface area contributed by atoms with Crippen molar-refractivity contribution in [2.45, 2.75) is 6.29 Å². The third-order valence-electron chi connectivity index (χ3n) is 2.95. The minimum Gasteiger partial charge on any atom is -0.451 e. The fourth-order valence-electron chi connectivity index (χ4n) is 1.95. The molecule has 1 aromatic carbocycles. The predicted molar refractivity (Wildman–Crippen MR) is 80.8 cm³/mol. The quantitative estimate of drug-likeness (QED) is 0.833. The van der Waals surface area contributed by atoms with Gasteiger partial charge < -0.3 is 19.5 Å². The summed E-state index contributed by atoms with van der Waals surface area (Å²) in [6.07, 6.45) is -2.42. The second kappa shape index (κ2) is 6.52. The maximum atomic E-state index is 12.9. The van der Waals surface area contributed by atoms with E-state index in [0.717, 1.165) is 6.07 Å². The predicted octanol–water partition coefficient (Wildman–Crippen LogP) is 2.85. The third kappa shape index (κ3) is 4.13. The van der Waals surface area contributed by atoms with Crippen LogP contribution in [0.4, 0.5) is 14.5 Å². The first-order chi connectivity index (χ1) is 11.8. The molecule has 3 rings (SSSR count). The number of ether oxygens (including phenoxy) is 3. The lowest BCUT2D eigenvalue weighted by Crippen LogP contribution is -2.25. The maximum absolute atomic E-state index is 12.9. The van der Waals surface area contributed by atoms with E-state index in [4.69, 9.17) is 16.3 Å². The van der Waals surface area contributed by atoms with Crippen molar-refractivity contribution >= 4 is 29.2 Å². The van der Waals surface area contributed by atoms with Gasteiger partial charge in [-0.15, -0.1) is 8.78 Å². The zero-order valence-electron chi connectivity index (χ0n) is 12.3. The number of pyridine rings is 1. The smallest absolute Gasteiger partial charge is 0.451 e. The summed E-state index contributed by atoms with van der Waals surface area (Å²) < 4.78 is 39.2. The molecular weight excluding hydrogens is 362 g/mol. The monoisotopic (exact) mass is 370 g/mol. The zero-order valence-corrected chi connectivity index (χ0v) is 13.0. The summed E-state index contributed by atoms with van der Waals surface area (Å²) in [6.45, 7) is -0.600. The lowest BCUT2D eigenvalue weighted by Gasteiger charge is -2.07. The molecule has 0 radical (unpaired) electrons. The Morgan fingerprint density at radius 3 is 2.72 bits per heavy atom. The van der Waals surface area contributed by atoms with Crippen LogP contribution in [0.1, 0.15) is 10.5 Å². The van der Waals surface area contributed by atoms with Crippen molar-refractivity contribution in [3.8, 4) is 11.5 Å². The molecule has 0 saturated carbocycles. The highest BCUT2D eigenvalue weighted by molar-refractivity contribution is 6.30. The first-order valence-electron chi connectivity index (χ1n) is 6.81. The molecule has 0 bridgehead atoms. The zero-order chi connectivity index (χ0) is 18.0. The van der Waals surface area contributed by atoms with Crippen LogP contribution in [0.2, 0.25) is 5.02 Å². The minimum atomic E-state index is -3.75. The molecule has 0 atom stereocenters. The molecule has 0 unspecified atom stereocenters. The molecule has 7 nitrogen and oxygen atoms in total. The number of halogens is 3. The van der Waals surface area contributed by atoms with E-state index >= 15 is 0 Å². The molecule has 130 valence electrons. The van der Waals surface area contributed by atoms with Crippen LogP contribution in [0, 0.1) is 0 Å². The molecule has 1 aliphatic rings. The molecule has 25 heavy (non-hydrogen) atoms. The van der Waals surface area contributed by atoms with Crippen molar-refractivity contribution in [1.82, 2.24) is 4.98 Å². The highest BCUT2D eigenvalue weighted by Gasteiger charge is 2.43. The molecule has 10 heteroatoms. The van der Waals surface area contributed by atoms with Gasteiger partial charge in [0.2, 0.25) is 0 Å². The molecule has 1 amide bonds. The average molecular weight is 371 g/mol. The third-order valence-corrected chi connectivity index (χ3v) is 3.19. The second-order valence-electron chi connectivity index (χ2n) is 4.81. The van der Waals surface area contributed by atoms with E-state index in [2.05, 4.69) is 19.8 Å². The van der Waals surface area contributed by atoms with Gasteiger partial charge in [0.15, 0.2) is 18.1 Å². The molecule has 1 aromatic heterocycles. The van der Waals surface area contributed by atoms with Gasteiger partial charge >= 0.3 is 12.3 Å². The van der Waals surface area contributed by atoms with E-state index in [0.29, 0.717) is 5.02 Å². The van der Waals surface area contributed by atoms with Crippen LogP contribution in [0.15, 0.2) is 36.5 Å². The van der Waals surface area contributed by atoms with Gasteiger partial charge in [-0.05, 0) is 24.3 Å². The molecule has 2 heterocycles. The number of aromatic nitrogens is 1. The number of hydrogen-bond acceptors (Lipinski definition) is 6. The lowest BCUT2D eigenvalue weighted by molar-refractivity contribution is -0.286. The number of hydrogen-bond donors (Lipinski definition) is 1. The van der Waals surface area contributed by atoms with Gasteiger partial charge in [-0.1, -0.05) is 11.6 Å². The molecule has 0 fully saturated rings. The number of fused-ring (bicyclic) bond motifs is 1. The van der Waals surface area contributed by atoms with Crippen molar-refractivity contribution in [3.63, 3.8) is 0 Å². The van der Waals surface area contributed by atoms with Gasteiger partial charge in [0.1, 0.15) is 5.69 Å². The Morgan fingerprint density at radius 1 is 1.20 bits per heavy atom. The van der Waals surface area contributed by atoms with Crippen molar-refractivity contribution in [2.75, 3.05) is 11.9 Å². The summed E-state index contributed by atoms with van der Waals surface area (Å²) in [5.74, 6) is -1.88. The van der Waals surface area contributed by atoms with Gasteiger partial charge in [0.05, 0.1) is 0 Å². The van der Waals surface area contributed by atoms with E-state index in [1.165, 1.54) is 30.5 Å². The number of esters is 1. The number of carbonyl (C=O) groups is 2. The second-order valence-corrected chi connectivity index (χ2v) is 5.25. The van der Waals surface area contributed by atoms with Crippen molar-refractivity contribution < 1.29 is 32.6 Å². The van der Waals surface area contributed by atoms with Gasteiger partial charge in [-0.25, -0.2) is 9.78 Å². The van der Waals surface area contributed by atoms with Gasteiger partial charge in [-0.2, -0.15) is 0 Å². The summed E-state index contributed by atoms with van der Waals surface area (Å²) in [7, 11) is 0. The fraction of sp³-hybridized carbons (Fsp3) is 0.133. The van der Waals surface area contributed by atoms with Crippen LogP contribution in [-0.4, -0.2) is 29.8 Å². The highest BCUT2D eigenvalue weighted by Crippen LogP contribution is 2.42. The number of nitrogens with zero attached hydrogens (tertiary/aromatic N) is 1. The lowest BCUT2D eigenvalue weighted by atomic mass is 10.3. The molecule has 0 saturated heterocycles. The number of rotatable bonds is 4. The Morgan fingerprint density at radius 2 is 1.96 bits per heavy atom. The maximum Gasteiger partial charge on any atom is 0.586 e. The standard InChI is InChI=1S/C15H9ClF2N2O5/c16-8-3-4-19-10(5-8)14(22)23-7-13(21)20-9-1-2-11-12(6-9)25-15(17,18)24-11/h1-6H,7H2,(H,20,21). The van der Waals surface area contributed by atoms with Gasteiger partial charge in [0, 0.05) is 23.0 Å².